The molecule has 0 atom stereocenters. The number of nitrogens with two attached hydrogens (primary N) is 1. The lowest BCUT2D eigenvalue weighted by Gasteiger charge is -2.02. The molecule has 104 valence electrons. The molecule has 1 amide bonds. The summed E-state index contributed by atoms with van der Waals surface area (Å²) in [6, 6.07) is 8.05. The molecule has 1 fully saturated rings. The number of primary amides is 1. The van der Waals surface area contributed by atoms with Crippen LogP contribution in [0.15, 0.2) is 28.7 Å². The van der Waals surface area contributed by atoms with E-state index in [0.29, 0.717) is 11.5 Å². The topological polar surface area (TPSA) is 58.9 Å². The first kappa shape index (κ1) is 13.4. The fraction of sp³-hybridized carbons (Fsp3) is 0.312. The highest BCUT2D eigenvalue weighted by atomic mass is 79.9. The largest absolute Gasteiger partial charge is 0.366 e. The van der Waals surface area contributed by atoms with E-state index in [9.17, 15) is 4.79 Å². The van der Waals surface area contributed by atoms with Gasteiger partial charge in [0.25, 0.3) is 5.91 Å². The van der Waals surface area contributed by atoms with Gasteiger partial charge in [0.2, 0.25) is 0 Å². The van der Waals surface area contributed by atoms with Crippen LogP contribution in [0.3, 0.4) is 0 Å². The molecule has 20 heavy (non-hydrogen) atoms. The van der Waals surface area contributed by atoms with Crippen LogP contribution < -0.4 is 5.73 Å². The molecule has 1 aliphatic carbocycles. The second-order valence-corrected chi connectivity index (χ2v) is 6.41. The van der Waals surface area contributed by atoms with Gasteiger partial charge in [0.1, 0.15) is 0 Å². The summed E-state index contributed by atoms with van der Waals surface area (Å²) in [5.74, 6) is 0.360. The maximum Gasteiger partial charge on any atom is 0.250 e. The molecule has 0 saturated heterocycles. The summed E-state index contributed by atoms with van der Waals surface area (Å²) in [7, 11) is 0. The van der Waals surface area contributed by atoms with Crippen LogP contribution in [0.5, 0.6) is 0 Å². The molecule has 3 rings (SSSR count). The molecule has 1 heterocycles. The lowest BCUT2D eigenvalue weighted by molar-refractivity contribution is 0.0999. The van der Waals surface area contributed by atoms with E-state index in [2.05, 4.69) is 46.0 Å². The molecule has 0 aliphatic heterocycles. The van der Waals surface area contributed by atoms with Gasteiger partial charge in [0.05, 0.1) is 5.56 Å². The van der Waals surface area contributed by atoms with E-state index in [4.69, 9.17) is 5.73 Å². The Bertz CT molecular complexity index is 671. The number of amides is 1. The zero-order valence-electron chi connectivity index (χ0n) is 11.4. The highest BCUT2D eigenvalue weighted by Gasteiger charge is 2.25. The molecule has 3 nitrogen and oxygen atoms in total. The Morgan fingerprint density at radius 3 is 2.75 bits per heavy atom. The molecular weight excluding hydrogens is 316 g/mol. The summed E-state index contributed by atoms with van der Waals surface area (Å²) >= 11 is 3.54. The lowest BCUT2D eigenvalue weighted by atomic mass is 10.1. The molecule has 2 aromatic rings. The zero-order valence-corrected chi connectivity index (χ0v) is 13.0. The molecule has 0 unspecified atom stereocenters. The first-order valence-electron chi connectivity index (χ1n) is 6.83. The van der Waals surface area contributed by atoms with Gasteiger partial charge in [0.15, 0.2) is 0 Å². The molecule has 4 heteroatoms. The minimum atomic E-state index is -0.352. The third-order valence-electron chi connectivity index (χ3n) is 3.84. The number of nitrogens with one attached hydrogen (secondary N) is 1. The third kappa shape index (κ3) is 2.66. The maximum atomic E-state index is 11.6. The molecule has 1 aliphatic rings. The van der Waals surface area contributed by atoms with Crippen LogP contribution in [0.2, 0.25) is 0 Å². The van der Waals surface area contributed by atoms with Crippen molar-refractivity contribution < 1.29 is 4.79 Å². The first-order valence-corrected chi connectivity index (χ1v) is 7.62. The van der Waals surface area contributed by atoms with E-state index < -0.39 is 0 Å². The predicted octanol–water partition coefficient (Wildman–Crippen LogP) is 3.80. The summed E-state index contributed by atoms with van der Waals surface area (Å²) in [5.41, 5.74) is 10.3. The molecule has 1 aromatic heterocycles. The predicted molar refractivity (Wildman–Crippen MR) is 83.6 cm³/mol. The average molecular weight is 333 g/mol. The van der Waals surface area contributed by atoms with Crippen molar-refractivity contribution in [2.45, 2.75) is 26.2 Å². The van der Waals surface area contributed by atoms with Gasteiger partial charge >= 0.3 is 0 Å². The van der Waals surface area contributed by atoms with Gasteiger partial charge in [-0.15, -0.1) is 0 Å². The minimum Gasteiger partial charge on any atom is -0.366 e. The van der Waals surface area contributed by atoms with E-state index in [1.54, 1.807) is 0 Å². The van der Waals surface area contributed by atoms with Crippen LogP contribution >= 0.6 is 15.9 Å². The highest BCUT2D eigenvalue weighted by molar-refractivity contribution is 9.10. The second kappa shape index (κ2) is 5.09. The van der Waals surface area contributed by atoms with Gasteiger partial charge in [-0.1, -0.05) is 28.1 Å². The number of hydrogen-bond acceptors (Lipinski definition) is 1. The Morgan fingerprint density at radius 1 is 1.40 bits per heavy atom. The van der Waals surface area contributed by atoms with Crippen molar-refractivity contribution >= 4 is 21.8 Å². The van der Waals surface area contributed by atoms with Crippen LogP contribution in [-0.4, -0.2) is 10.9 Å². The van der Waals surface area contributed by atoms with Crippen LogP contribution in [0.4, 0.5) is 0 Å². The van der Waals surface area contributed by atoms with Crippen molar-refractivity contribution in [2.75, 3.05) is 0 Å². The van der Waals surface area contributed by atoms with Gasteiger partial charge in [-0.25, -0.2) is 0 Å². The number of aromatic nitrogens is 1. The number of rotatable bonds is 4. The van der Waals surface area contributed by atoms with Crippen LogP contribution in [0.25, 0.3) is 11.3 Å². The normalized spacial score (nSPS) is 14.5. The number of H-pyrrole nitrogens is 1. The van der Waals surface area contributed by atoms with Gasteiger partial charge < -0.3 is 10.7 Å². The minimum absolute atomic E-state index is 0.352. The Balaban J connectivity index is 2.00. The van der Waals surface area contributed by atoms with Crippen molar-refractivity contribution in [2.24, 2.45) is 11.7 Å². The van der Waals surface area contributed by atoms with Crippen molar-refractivity contribution in [1.82, 2.24) is 4.98 Å². The summed E-state index contributed by atoms with van der Waals surface area (Å²) in [6.07, 6.45) is 3.43. The Labute approximate surface area is 126 Å². The fourth-order valence-corrected chi connectivity index (χ4v) is 2.78. The van der Waals surface area contributed by atoms with E-state index in [-0.39, 0.29) is 5.91 Å². The van der Waals surface area contributed by atoms with Gasteiger partial charge in [-0.3, -0.25) is 4.79 Å². The lowest BCUT2D eigenvalue weighted by Crippen LogP contribution is -2.12. The average Bonchev–Trinajstić information content (AvgIpc) is 3.10. The number of halogens is 1. The quantitative estimate of drug-likeness (QED) is 0.878. The SMILES string of the molecule is Cc1ccc(-c2cc(C(N)=O)c(CC3CC3)[nH]2)cc1Br. The number of carbonyl (C=O) groups is 1. The Hall–Kier alpha value is -1.55. The molecule has 3 N–H and O–H groups in total. The van der Waals surface area contributed by atoms with Crippen molar-refractivity contribution in [3.63, 3.8) is 0 Å². The van der Waals surface area contributed by atoms with Crippen molar-refractivity contribution in [3.05, 3.63) is 45.6 Å². The van der Waals surface area contributed by atoms with Gasteiger partial charge in [-0.05, 0) is 55.4 Å². The van der Waals surface area contributed by atoms with Gasteiger partial charge in [0, 0.05) is 15.9 Å². The molecule has 1 aromatic carbocycles. The molecule has 0 bridgehead atoms. The van der Waals surface area contributed by atoms with Crippen LogP contribution in [0.1, 0.15) is 34.5 Å². The molecular formula is C16H17BrN2O. The fourth-order valence-electron chi connectivity index (χ4n) is 2.40. The molecule has 0 radical (unpaired) electrons. The third-order valence-corrected chi connectivity index (χ3v) is 4.69. The molecule has 0 spiro atoms. The standard InChI is InChI=1S/C16H17BrN2O/c1-9-2-5-11(7-13(9)17)14-8-12(16(18)20)15(19-14)6-10-3-4-10/h2,5,7-8,10,19H,3-4,6H2,1H3,(H2,18,20). The summed E-state index contributed by atoms with van der Waals surface area (Å²) < 4.78 is 1.06. The second-order valence-electron chi connectivity index (χ2n) is 5.55. The van der Waals surface area contributed by atoms with Crippen molar-refractivity contribution in [1.29, 1.82) is 0 Å². The van der Waals surface area contributed by atoms with Crippen LogP contribution in [-0.2, 0) is 6.42 Å². The number of aromatic amines is 1. The molecule has 1 saturated carbocycles. The number of hydrogen-bond donors (Lipinski definition) is 2. The summed E-state index contributed by atoms with van der Waals surface area (Å²) in [4.78, 5) is 15.0. The summed E-state index contributed by atoms with van der Waals surface area (Å²) in [6.45, 7) is 2.05. The maximum absolute atomic E-state index is 11.6. The zero-order chi connectivity index (χ0) is 14.3. The number of benzene rings is 1. The first-order chi connectivity index (χ1) is 9.54. The van der Waals surface area contributed by atoms with E-state index in [1.807, 2.05) is 6.07 Å². The Kier molecular flexibility index (Phi) is 3.42. The number of carbonyl (C=O) groups excluding carboxylic acids is 1. The Morgan fingerprint density at radius 2 is 2.15 bits per heavy atom. The smallest absolute Gasteiger partial charge is 0.250 e. The van der Waals surface area contributed by atoms with E-state index in [1.165, 1.54) is 18.4 Å². The highest BCUT2D eigenvalue weighted by Crippen LogP contribution is 2.34. The van der Waals surface area contributed by atoms with Crippen LogP contribution in [0, 0.1) is 12.8 Å². The van der Waals surface area contributed by atoms with Crippen molar-refractivity contribution in [3.8, 4) is 11.3 Å². The van der Waals surface area contributed by atoms with E-state index in [0.717, 1.165) is 27.8 Å². The monoisotopic (exact) mass is 332 g/mol. The number of aryl methyl sites for hydroxylation is 1. The van der Waals surface area contributed by atoms with E-state index >= 15 is 0 Å². The van der Waals surface area contributed by atoms with Gasteiger partial charge in [-0.2, -0.15) is 0 Å². The summed E-state index contributed by atoms with van der Waals surface area (Å²) in [5, 5.41) is 0.